The quantitative estimate of drug-likeness (QED) is 0.577. The summed E-state index contributed by atoms with van der Waals surface area (Å²) in [4.78, 5) is 27.3. The number of nitrogens with zero attached hydrogens (tertiary/aromatic N) is 1. The van der Waals surface area contributed by atoms with Crippen LogP contribution in [0.5, 0.6) is 11.5 Å². The van der Waals surface area contributed by atoms with Crippen LogP contribution in [-0.2, 0) is 9.53 Å². The predicted octanol–water partition coefficient (Wildman–Crippen LogP) is 3.71. The molecule has 8 heteroatoms. The van der Waals surface area contributed by atoms with Crippen LogP contribution in [0.1, 0.15) is 23.9 Å². The molecule has 2 amide bonds. The van der Waals surface area contributed by atoms with Gasteiger partial charge in [-0.05, 0) is 42.8 Å². The molecule has 1 aromatic heterocycles. The molecule has 0 saturated carbocycles. The number of rotatable bonds is 8. The summed E-state index contributed by atoms with van der Waals surface area (Å²) in [7, 11) is 0. The molecule has 0 atom stereocenters. The van der Waals surface area contributed by atoms with Gasteiger partial charge in [0, 0.05) is 18.5 Å². The smallest absolute Gasteiger partial charge is 0.291 e. The third-order valence-corrected chi connectivity index (χ3v) is 5.02. The van der Waals surface area contributed by atoms with Crippen LogP contribution in [0.2, 0.25) is 0 Å². The lowest BCUT2D eigenvalue weighted by Gasteiger charge is -2.26. The average Bonchev–Trinajstić information content (AvgIpc) is 3.20. The Balaban J connectivity index is 1.45. The molecule has 0 bridgehead atoms. The van der Waals surface area contributed by atoms with Gasteiger partial charge in [0.15, 0.2) is 6.61 Å². The van der Waals surface area contributed by atoms with E-state index in [1.54, 1.807) is 41.3 Å². The summed E-state index contributed by atoms with van der Waals surface area (Å²) in [6.45, 7) is 4.38. The van der Waals surface area contributed by atoms with Gasteiger partial charge in [-0.2, -0.15) is 0 Å². The van der Waals surface area contributed by atoms with E-state index in [0.29, 0.717) is 55.3 Å². The van der Waals surface area contributed by atoms with Gasteiger partial charge in [0.2, 0.25) is 5.76 Å². The third-order valence-electron chi connectivity index (χ3n) is 5.02. The predicted molar refractivity (Wildman–Crippen MR) is 119 cm³/mol. The fraction of sp³-hybridized carbons (Fsp3) is 0.333. The first-order chi connectivity index (χ1) is 15.7. The highest BCUT2D eigenvalue weighted by Crippen LogP contribution is 2.32. The van der Waals surface area contributed by atoms with Gasteiger partial charge in [0.1, 0.15) is 22.8 Å². The summed E-state index contributed by atoms with van der Waals surface area (Å²) in [6.07, 6.45) is 0.928. The Morgan fingerprint density at radius 3 is 2.41 bits per heavy atom. The second-order valence-electron chi connectivity index (χ2n) is 7.36. The molecule has 8 nitrogen and oxygen atoms in total. The number of nitrogens with one attached hydrogen (secondary N) is 1. The first-order valence-electron chi connectivity index (χ1n) is 10.7. The van der Waals surface area contributed by atoms with Crippen LogP contribution in [0.25, 0.3) is 11.0 Å². The molecule has 1 N–H and O–H groups in total. The number of anilines is 1. The van der Waals surface area contributed by atoms with Crippen molar-refractivity contribution in [1.82, 2.24) is 4.90 Å². The lowest BCUT2D eigenvalue weighted by Crippen LogP contribution is -2.40. The van der Waals surface area contributed by atoms with E-state index in [2.05, 4.69) is 5.32 Å². The minimum atomic E-state index is -0.390. The highest BCUT2D eigenvalue weighted by atomic mass is 16.5. The molecule has 168 valence electrons. The van der Waals surface area contributed by atoms with E-state index < -0.39 is 0 Å². The zero-order chi connectivity index (χ0) is 22.3. The zero-order valence-corrected chi connectivity index (χ0v) is 18.0. The van der Waals surface area contributed by atoms with Gasteiger partial charge in [-0.3, -0.25) is 9.59 Å². The minimum absolute atomic E-state index is 0.110. The van der Waals surface area contributed by atoms with Crippen LogP contribution in [0.3, 0.4) is 0 Å². The summed E-state index contributed by atoms with van der Waals surface area (Å²) in [5.74, 6) is 0.742. The summed E-state index contributed by atoms with van der Waals surface area (Å²) >= 11 is 0. The van der Waals surface area contributed by atoms with Gasteiger partial charge in [-0.25, -0.2) is 0 Å². The molecular formula is C24H26N2O6. The number of amides is 2. The van der Waals surface area contributed by atoms with Crippen LogP contribution in [-0.4, -0.2) is 56.2 Å². The van der Waals surface area contributed by atoms with Crippen molar-refractivity contribution in [2.75, 3.05) is 44.8 Å². The number of fused-ring (bicyclic) bond motifs is 1. The second kappa shape index (κ2) is 10.2. The minimum Gasteiger partial charge on any atom is -0.494 e. The number of hydrogen-bond acceptors (Lipinski definition) is 6. The normalized spacial score (nSPS) is 13.7. The maximum atomic E-state index is 13.0. The number of para-hydroxylation sites is 1. The molecule has 0 unspecified atom stereocenters. The number of morpholine rings is 1. The Kier molecular flexibility index (Phi) is 6.91. The van der Waals surface area contributed by atoms with Crippen LogP contribution in [0, 0.1) is 0 Å². The van der Waals surface area contributed by atoms with Gasteiger partial charge in [0.25, 0.3) is 11.8 Å². The van der Waals surface area contributed by atoms with Crippen LogP contribution < -0.4 is 14.8 Å². The summed E-state index contributed by atoms with van der Waals surface area (Å²) in [5, 5.41) is 3.46. The Morgan fingerprint density at radius 1 is 1.00 bits per heavy atom. The standard InChI is InChI=1S/C24H26N2O6/c1-2-13-30-17-7-9-18(10-8-17)31-16-21(27)25-22-19-5-3-4-6-20(19)32-23(22)24(28)26-11-14-29-15-12-26/h3-10H,2,11-16H2,1H3,(H,25,27). The topological polar surface area (TPSA) is 90.2 Å². The molecule has 3 aromatic rings. The van der Waals surface area contributed by atoms with Crippen molar-refractivity contribution in [3.05, 3.63) is 54.3 Å². The van der Waals surface area contributed by atoms with Crippen molar-refractivity contribution in [3.63, 3.8) is 0 Å². The van der Waals surface area contributed by atoms with Crippen molar-refractivity contribution in [1.29, 1.82) is 0 Å². The van der Waals surface area contributed by atoms with Crippen molar-refractivity contribution in [2.24, 2.45) is 0 Å². The van der Waals surface area contributed by atoms with E-state index in [1.165, 1.54) is 0 Å². The monoisotopic (exact) mass is 438 g/mol. The largest absolute Gasteiger partial charge is 0.494 e. The zero-order valence-electron chi connectivity index (χ0n) is 18.0. The molecule has 1 saturated heterocycles. The Bertz CT molecular complexity index is 1070. The van der Waals surface area contributed by atoms with Gasteiger partial charge >= 0.3 is 0 Å². The molecular weight excluding hydrogens is 412 g/mol. The number of ether oxygens (including phenoxy) is 3. The number of furan rings is 1. The van der Waals surface area contributed by atoms with E-state index in [9.17, 15) is 9.59 Å². The summed E-state index contributed by atoms with van der Waals surface area (Å²) in [5.41, 5.74) is 0.886. The highest BCUT2D eigenvalue weighted by molar-refractivity contribution is 6.11. The van der Waals surface area contributed by atoms with E-state index in [4.69, 9.17) is 18.6 Å². The van der Waals surface area contributed by atoms with Crippen molar-refractivity contribution in [3.8, 4) is 11.5 Å². The highest BCUT2D eigenvalue weighted by Gasteiger charge is 2.27. The maximum absolute atomic E-state index is 13.0. The van der Waals surface area contributed by atoms with Gasteiger partial charge in [0.05, 0.1) is 19.8 Å². The van der Waals surface area contributed by atoms with Crippen LogP contribution in [0.15, 0.2) is 52.9 Å². The molecule has 0 radical (unpaired) electrons. The van der Waals surface area contributed by atoms with Crippen LogP contribution in [0.4, 0.5) is 5.69 Å². The number of benzene rings is 2. The Morgan fingerprint density at radius 2 is 1.69 bits per heavy atom. The van der Waals surface area contributed by atoms with Crippen LogP contribution >= 0.6 is 0 Å². The van der Waals surface area contributed by atoms with E-state index >= 15 is 0 Å². The Hall–Kier alpha value is -3.52. The lowest BCUT2D eigenvalue weighted by atomic mass is 10.2. The molecule has 0 spiro atoms. The van der Waals surface area contributed by atoms with Gasteiger partial charge in [-0.1, -0.05) is 19.1 Å². The molecule has 1 aliphatic heterocycles. The fourth-order valence-electron chi connectivity index (χ4n) is 3.41. The SMILES string of the molecule is CCCOc1ccc(OCC(=O)Nc2c(C(=O)N3CCOCC3)oc3ccccc23)cc1. The average molecular weight is 438 g/mol. The molecule has 4 rings (SSSR count). The third kappa shape index (κ3) is 5.03. The Labute approximate surface area is 186 Å². The van der Waals surface area contributed by atoms with E-state index in [1.807, 2.05) is 19.1 Å². The van der Waals surface area contributed by atoms with Gasteiger partial charge in [-0.15, -0.1) is 0 Å². The lowest BCUT2D eigenvalue weighted by molar-refractivity contribution is -0.118. The number of carbonyl (C=O) groups is 2. The molecule has 1 aliphatic rings. The first kappa shape index (κ1) is 21.7. The summed E-state index contributed by atoms with van der Waals surface area (Å²) < 4.78 is 22.3. The van der Waals surface area contributed by atoms with E-state index in [-0.39, 0.29) is 24.2 Å². The number of carbonyl (C=O) groups excluding carboxylic acids is 2. The van der Waals surface area contributed by atoms with Crippen molar-refractivity contribution >= 4 is 28.5 Å². The van der Waals surface area contributed by atoms with Crippen molar-refractivity contribution in [2.45, 2.75) is 13.3 Å². The molecule has 32 heavy (non-hydrogen) atoms. The fourth-order valence-corrected chi connectivity index (χ4v) is 3.41. The molecule has 2 aromatic carbocycles. The molecule has 2 heterocycles. The second-order valence-corrected chi connectivity index (χ2v) is 7.36. The molecule has 1 fully saturated rings. The van der Waals surface area contributed by atoms with Gasteiger partial charge < -0.3 is 28.8 Å². The first-order valence-corrected chi connectivity index (χ1v) is 10.7. The molecule has 0 aliphatic carbocycles. The maximum Gasteiger partial charge on any atom is 0.291 e. The summed E-state index contributed by atoms with van der Waals surface area (Å²) in [6, 6.07) is 14.3. The number of hydrogen-bond donors (Lipinski definition) is 1. The van der Waals surface area contributed by atoms with E-state index in [0.717, 1.165) is 12.2 Å². The van der Waals surface area contributed by atoms with Crippen molar-refractivity contribution < 1.29 is 28.2 Å².